The molecule has 0 spiro atoms. The van der Waals surface area contributed by atoms with Gasteiger partial charge in [-0.3, -0.25) is 19.7 Å². The van der Waals surface area contributed by atoms with Gasteiger partial charge in [0.05, 0.1) is 11.2 Å². The highest BCUT2D eigenvalue weighted by molar-refractivity contribution is 7.99. The van der Waals surface area contributed by atoms with Crippen LogP contribution in [0.2, 0.25) is 0 Å². The van der Waals surface area contributed by atoms with Gasteiger partial charge in [-0.15, -0.1) is 0 Å². The first-order chi connectivity index (χ1) is 18.3. The molecule has 1 saturated heterocycles. The molecule has 2 heterocycles. The number of urea groups is 1. The van der Waals surface area contributed by atoms with E-state index in [1.54, 1.807) is 11.0 Å². The second-order valence-electron chi connectivity index (χ2n) is 10.1. The van der Waals surface area contributed by atoms with Crippen molar-refractivity contribution in [3.63, 3.8) is 0 Å². The van der Waals surface area contributed by atoms with Crippen molar-refractivity contribution in [3.05, 3.63) is 77.6 Å². The van der Waals surface area contributed by atoms with Crippen molar-refractivity contribution in [3.8, 4) is 0 Å². The van der Waals surface area contributed by atoms with Crippen molar-refractivity contribution in [2.24, 2.45) is 13.0 Å². The number of halogens is 1. The Labute approximate surface area is 224 Å². The van der Waals surface area contributed by atoms with E-state index < -0.39 is 6.03 Å². The zero-order chi connectivity index (χ0) is 26.4. The summed E-state index contributed by atoms with van der Waals surface area (Å²) in [5, 5.41) is 7.88. The summed E-state index contributed by atoms with van der Waals surface area (Å²) in [6, 6.07) is 19.4. The van der Waals surface area contributed by atoms with Crippen molar-refractivity contribution < 1.29 is 14.0 Å². The Bertz CT molecular complexity index is 1540. The van der Waals surface area contributed by atoms with E-state index in [1.165, 1.54) is 29.0 Å². The van der Waals surface area contributed by atoms with Gasteiger partial charge in [0.1, 0.15) is 5.82 Å². The topological polar surface area (TPSA) is 93.2 Å². The minimum atomic E-state index is -0.419. The third-order valence-corrected chi connectivity index (χ3v) is 8.53. The number of anilines is 2. The maximum Gasteiger partial charge on any atom is 0.329 e. The van der Waals surface area contributed by atoms with Gasteiger partial charge in [0, 0.05) is 35.2 Å². The number of carbonyl (C=O) groups is 2. The lowest BCUT2D eigenvalue weighted by Gasteiger charge is -2.36. The summed E-state index contributed by atoms with van der Waals surface area (Å²) in [6.45, 7) is 0.336. The van der Waals surface area contributed by atoms with Crippen LogP contribution in [0.4, 0.5) is 20.7 Å². The van der Waals surface area contributed by atoms with E-state index in [9.17, 15) is 14.0 Å². The summed E-state index contributed by atoms with van der Waals surface area (Å²) in [6.07, 6.45) is 3.58. The average Bonchev–Trinajstić information content (AvgIpc) is 3.20. The van der Waals surface area contributed by atoms with Crippen LogP contribution in [0.15, 0.2) is 70.5 Å². The number of imide groups is 1. The number of nitrogen functional groups attached to an aromatic ring is 1. The SMILES string of the molecule is Cn1nc(N2CCC(=O)NC2=O)c2ccc(C3CC(Cc4ccc(Sc5ccc(N)c(F)c5)cc4)C3)cc21. The molecule has 7 nitrogen and oxygen atoms in total. The summed E-state index contributed by atoms with van der Waals surface area (Å²) in [5.41, 5.74) is 9.33. The largest absolute Gasteiger partial charge is 0.396 e. The smallest absolute Gasteiger partial charge is 0.329 e. The number of benzene rings is 3. The quantitative estimate of drug-likeness (QED) is 0.316. The maximum absolute atomic E-state index is 13.7. The fourth-order valence-electron chi connectivity index (χ4n) is 5.38. The molecule has 1 aromatic heterocycles. The predicted molar refractivity (Wildman–Crippen MR) is 147 cm³/mol. The standard InChI is InChI=1S/C29H28FN5O2S/c1-34-26-15-19(4-8-23(26)28(33-34)35-11-10-27(36)32-29(35)37)20-13-18(14-20)12-17-2-5-21(6-3-17)38-22-7-9-25(31)24(30)16-22/h2-9,15-16,18,20H,10-14,31H2,1H3,(H,32,36,37). The number of hydrogen-bond acceptors (Lipinski definition) is 5. The molecule has 194 valence electrons. The van der Waals surface area contributed by atoms with Crippen LogP contribution in [0.3, 0.4) is 0 Å². The highest BCUT2D eigenvalue weighted by Crippen LogP contribution is 2.44. The third-order valence-electron chi connectivity index (χ3n) is 7.53. The van der Waals surface area contributed by atoms with Crippen molar-refractivity contribution in [1.29, 1.82) is 0 Å². The van der Waals surface area contributed by atoms with E-state index in [-0.39, 0.29) is 23.8 Å². The first-order valence-electron chi connectivity index (χ1n) is 12.7. The zero-order valence-corrected chi connectivity index (χ0v) is 21.8. The third kappa shape index (κ3) is 4.74. The molecule has 2 aliphatic rings. The van der Waals surface area contributed by atoms with Crippen molar-refractivity contribution in [2.45, 2.75) is 41.4 Å². The lowest BCUT2D eigenvalue weighted by molar-refractivity contribution is -0.120. The Balaban J connectivity index is 1.08. The average molecular weight is 530 g/mol. The van der Waals surface area contributed by atoms with Gasteiger partial charge in [0.25, 0.3) is 0 Å². The summed E-state index contributed by atoms with van der Waals surface area (Å²) in [7, 11) is 1.89. The first kappa shape index (κ1) is 24.5. The highest BCUT2D eigenvalue weighted by Gasteiger charge is 2.32. The van der Waals surface area contributed by atoms with Gasteiger partial charge in [-0.05, 0) is 84.7 Å². The number of aryl methyl sites for hydroxylation is 1. The molecule has 1 aliphatic heterocycles. The van der Waals surface area contributed by atoms with Crippen LogP contribution < -0.4 is 16.0 Å². The van der Waals surface area contributed by atoms with E-state index >= 15 is 0 Å². The van der Waals surface area contributed by atoms with E-state index in [0.717, 1.165) is 40.0 Å². The minimum absolute atomic E-state index is 0.165. The lowest BCUT2D eigenvalue weighted by Crippen LogP contribution is -2.49. The van der Waals surface area contributed by atoms with Crippen molar-refractivity contribution in [2.75, 3.05) is 17.2 Å². The van der Waals surface area contributed by atoms with Gasteiger partial charge in [-0.2, -0.15) is 5.10 Å². The van der Waals surface area contributed by atoms with Gasteiger partial charge in [0.2, 0.25) is 5.91 Å². The fraction of sp³-hybridized carbons (Fsp3) is 0.276. The van der Waals surface area contributed by atoms with Gasteiger partial charge in [-0.1, -0.05) is 30.0 Å². The van der Waals surface area contributed by atoms with Crippen LogP contribution in [-0.2, 0) is 18.3 Å². The zero-order valence-electron chi connectivity index (χ0n) is 21.0. The molecule has 2 fully saturated rings. The van der Waals surface area contributed by atoms with Crippen LogP contribution in [0.25, 0.3) is 10.9 Å². The number of nitrogens with one attached hydrogen (secondary N) is 1. The molecule has 3 N–H and O–H groups in total. The van der Waals surface area contributed by atoms with E-state index in [4.69, 9.17) is 5.73 Å². The number of aromatic nitrogens is 2. The predicted octanol–water partition coefficient (Wildman–Crippen LogP) is 5.63. The molecule has 3 aromatic carbocycles. The van der Waals surface area contributed by atoms with Crippen LogP contribution in [0.1, 0.15) is 36.3 Å². The summed E-state index contributed by atoms with van der Waals surface area (Å²) in [5.74, 6) is 1.10. The number of fused-ring (bicyclic) bond motifs is 1. The number of nitrogens with two attached hydrogens (primary N) is 1. The Hall–Kier alpha value is -3.85. The van der Waals surface area contributed by atoms with Crippen LogP contribution in [0, 0.1) is 11.7 Å². The fourth-order valence-corrected chi connectivity index (χ4v) is 6.23. The molecule has 3 amide bonds. The second-order valence-corrected chi connectivity index (χ2v) is 11.3. The van der Waals surface area contributed by atoms with E-state index in [1.807, 2.05) is 23.9 Å². The van der Waals surface area contributed by atoms with Crippen LogP contribution >= 0.6 is 11.8 Å². The van der Waals surface area contributed by atoms with Gasteiger partial charge in [0.15, 0.2) is 5.82 Å². The van der Waals surface area contributed by atoms with Crippen LogP contribution in [0.5, 0.6) is 0 Å². The summed E-state index contributed by atoms with van der Waals surface area (Å²) in [4.78, 5) is 27.3. The molecule has 0 radical (unpaired) electrons. The van der Waals surface area contributed by atoms with Crippen LogP contribution in [-0.4, -0.2) is 28.3 Å². The Morgan fingerprint density at radius 2 is 1.82 bits per heavy atom. The maximum atomic E-state index is 13.7. The highest BCUT2D eigenvalue weighted by atomic mass is 32.2. The number of amides is 3. The van der Waals surface area contributed by atoms with Crippen molar-refractivity contribution >= 4 is 46.1 Å². The number of carbonyl (C=O) groups excluding carboxylic acids is 2. The molecular formula is C29H28FN5O2S. The lowest BCUT2D eigenvalue weighted by atomic mass is 9.69. The molecule has 4 aromatic rings. The van der Waals surface area contributed by atoms with Gasteiger partial charge >= 0.3 is 6.03 Å². The molecule has 0 atom stereocenters. The summed E-state index contributed by atoms with van der Waals surface area (Å²) >= 11 is 1.53. The normalized spacial score (nSPS) is 19.5. The first-order valence-corrected chi connectivity index (χ1v) is 13.6. The Morgan fingerprint density at radius 1 is 1.05 bits per heavy atom. The van der Waals surface area contributed by atoms with Gasteiger partial charge in [-0.25, -0.2) is 9.18 Å². The molecule has 0 unspecified atom stereocenters. The second kappa shape index (κ2) is 9.79. The van der Waals surface area contributed by atoms with Crippen molar-refractivity contribution in [1.82, 2.24) is 15.1 Å². The van der Waals surface area contributed by atoms with E-state index in [2.05, 4.69) is 46.8 Å². The molecule has 38 heavy (non-hydrogen) atoms. The molecule has 0 bridgehead atoms. The Morgan fingerprint density at radius 3 is 2.55 bits per heavy atom. The molecule has 9 heteroatoms. The monoisotopic (exact) mass is 529 g/mol. The summed E-state index contributed by atoms with van der Waals surface area (Å²) < 4.78 is 15.5. The Kier molecular flexibility index (Phi) is 6.31. The van der Waals surface area contributed by atoms with E-state index in [0.29, 0.717) is 24.2 Å². The number of hydrogen-bond donors (Lipinski definition) is 2. The molecule has 1 saturated carbocycles. The molecular weight excluding hydrogens is 501 g/mol. The number of nitrogens with zero attached hydrogens (tertiary/aromatic N) is 3. The number of rotatable bonds is 6. The molecule has 1 aliphatic carbocycles. The minimum Gasteiger partial charge on any atom is -0.396 e. The van der Waals surface area contributed by atoms with Gasteiger partial charge < -0.3 is 5.73 Å². The molecule has 6 rings (SSSR count).